The summed E-state index contributed by atoms with van der Waals surface area (Å²) in [6.45, 7) is 3.49. The smallest absolute Gasteiger partial charge is 0.323 e. The van der Waals surface area contributed by atoms with Gasteiger partial charge in [-0.15, -0.1) is 11.3 Å². The van der Waals surface area contributed by atoms with Crippen LogP contribution in [0.15, 0.2) is 17.5 Å². The second-order valence-electron chi connectivity index (χ2n) is 5.15. The van der Waals surface area contributed by atoms with Crippen LogP contribution in [0.25, 0.3) is 0 Å². The largest absolute Gasteiger partial charge is 0.480 e. The molecule has 5 heteroatoms. The number of carboxylic acid groups (broad SMARTS) is 1. The topological polar surface area (TPSA) is 57.6 Å². The van der Waals surface area contributed by atoms with E-state index in [4.69, 9.17) is 5.11 Å². The first-order valence-electron chi connectivity index (χ1n) is 7.04. The van der Waals surface area contributed by atoms with Crippen LogP contribution in [0.3, 0.4) is 0 Å². The number of hydrogen-bond acceptors (Lipinski definition) is 3. The van der Waals surface area contributed by atoms with E-state index < -0.39 is 5.97 Å². The number of aliphatic carboxylic acids is 1. The van der Waals surface area contributed by atoms with Crippen molar-refractivity contribution in [2.45, 2.75) is 52.0 Å². The Hall–Kier alpha value is -1.36. The molecule has 0 saturated heterocycles. The van der Waals surface area contributed by atoms with Crippen molar-refractivity contribution < 1.29 is 14.7 Å². The van der Waals surface area contributed by atoms with Crippen LogP contribution in [-0.2, 0) is 16.0 Å². The number of unbranched alkanes of at least 4 members (excludes halogenated alkanes) is 2. The zero-order chi connectivity index (χ0) is 15.0. The van der Waals surface area contributed by atoms with Gasteiger partial charge in [-0.1, -0.05) is 12.5 Å². The zero-order valence-corrected chi connectivity index (χ0v) is 13.0. The fraction of sp³-hybridized carbons (Fsp3) is 0.600. The third-order valence-corrected chi connectivity index (χ3v) is 4.08. The second-order valence-corrected chi connectivity index (χ2v) is 6.18. The van der Waals surface area contributed by atoms with Gasteiger partial charge in [-0.2, -0.15) is 0 Å². The number of hydrogen-bond donors (Lipinski definition) is 1. The molecule has 0 bridgehead atoms. The van der Waals surface area contributed by atoms with Gasteiger partial charge in [0, 0.05) is 17.3 Å². The predicted molar refractivity (Wildman–Crippen MR) is 81.0 cm³/mol. The van der Waals surface area contributed by atoms with Gasteiger partial charge in [0.25, 0.3) is 0 Å². The van der Waals surface area contributed by atoms with E-state index in [1.54, 1.807) is 11.3 Å². The highest BCUT2D eigenvalue weighted by Gasteiger charge is 2.18. The molecule has 0 aliphatic carbocycles. The van der Waals surface area contributed by atoms with Crippen molar-refractivity contribution in [3.63, 3.8) is 0 Å². The molecule has 1 aromatic heterocycles. The van der Waals surface area contributed by atoms with Crippen molar-refractivity contribution in [1.29, 1.82) is 0 Å². The number of rotatable bonds is 9. The molecule has 112 valence electrons. The zero-order valence-electron chi connectivity index (χ0n) is 12.2. The number of nitrogens with zero attached hydrogens (tertiary/aromatic N) is 1. The molecule has 1 amide bonds. The quantitative estimate of drug-likeness (QED) is 0.712. The van der Waals surface area contributed by atoms with Crippen molar-refractivity contribution in [2.75, 3.05) is 6.54 Å². The maximum absolute atomic E-state index is 12.0. The molecule has 0 spiro atoms. The van der Waals surface area contributed by atoms with Crippen LogP contribution in [0.5, 0.6) is 0 Å². The first-order chi connectivity index (χ1) is 9.50. The summed E-state index contributed by atoms with van der Waals surface area (Å²) in [6.07, 6.45) is 4.41. The molecule has 1 aromatic rings. The Morgan fingerprint density at radius 2 is 2.05 bits per heavy atom. The van der Waals surface area contributed by atoms with Gasteiger partial charge in [0.05, 0.1) is 0 Å². The average molecular weight is 297 g/mol. The van der Waals surface area contributed by atoms with Crippen LogP contribution in [0.2, 0.25) is 0 Å². The Bertz CT molecular complexity index is 415. The Morgan fingerprint density at radius 3 is 2.60 bits per heavy atom. The average Bonchev–Trinajstić information content (AvgIpc) is 2.87. The number of carbonyl (C=O) groups excluding carboxylic acids is 1. The molecule has 0 saturated carbocycles. The summed E-state index contributed by atoms with van der Waals surface area (Å²) in [5.41, 5.74) is 0. The van der Waals surface area contributed by atoms with E-state index in [0.717, 1.165) is 25.7 Å². The van der Waals surface area contributed by atoms with Crippen LogP contribution in [0.4, 0.5) is 0 Å². The van der Waals surface area contributed by atoms with Crippen molar-refractivity contribution in [2.24, 2.45) is 0 Å². The first kappa shape index (κ1) is 16.7. The minimum Gasteiger partial charge on any atom is -0.480 e. The van der Waals surface area contributed by atoms with Gasteiger partial charge in [-0.05, 0) is 44.6 Å². The molecule has 1 N–H and O–H groups in total. The van der Waals surface area contributed by atoms with Gasteiger partial charge in [0.2, 0.25) is 5.91 Å². The molecule has 1 rings (SSSR count). The van der Waals surface area contributed by atoms with E-state index in [-0.39, 0.29) is 18.5 Å². The lowest BCUT2D eigenvalue weighted by molar-refractivity contribution is -0.145. The molecule has 4 nitrogen and oxygen atoms in total. The Labute approximate surface area is 124 Å². The molecule has 1 heterocycles. The highest BCUT2D eigenvalue weighted by molar-refractivity contribution is 7.09. The molecule has 0 radical (unpaired) electrons. The molecule has 0 unspecified atom stereocenters. The fourth-order valence-electron chi connectivity index (χ4n) is 2.06. The molecule has 20 heavy (non-hydrogen) atoms. The molecule has 0 aromatic carbocycles. The minimum atomic E-state index is -0.954. The molecular formula is C15H23NO3S. The van der Waals surface area contributed by atoms with Crippen molar-refractivity contribution >= 4 is 23.2 Å². The van der Waals surface area contributed by atoms with Gasteiger partial charge in [-0.3, -0.25) is 9.59 Å². The monoisotopic (exact) mass is 297 g/mol. The molecule has 0 aliphatic heterocycles. The SMILES string of the molecule is CC(C)N(CC(=O)O)C(=O)CCCCCc1cccs1. The summed E-state index contributed by atoms with van der Waals surface area (Å²) in [5.74, 6) is -1.01. The van der Waals surface area contributed by atoms with Crippen LogP contribution in [-0.4, -0.2) is 34.5 Å². The number of carboxylic acids is 1. The Kier molecular flexibility index (Phi) is 7.30. The van der Waals surface area contributed by atoms with E-state index >= 15 is 0 Å². The van der Waals surface area contributed by atoms with Gasteiger partial charge >= 0.3 is 5.97 Å². The molecule has 0 aliphatic rings. The minimum absolute atomic E-state index is 0.0569. The molecule has 0 atom stereocenters. The third kappa shape index (κ3) is 6.19. The lowest BCUT2D eigenvalue weighted by Crippen LogP contribution is -2.40. The van der Waals surface area contributed by atoms with Crippen LogP contribution < -0.4 is 0 Å². The van der Waals surface area contributed by atoms with Crippen LogP contribution in [0, 0.1) is 0 Å². The van der Waals surface area contributed by atoms with Gasteiger partial charge in [0.15, 0.2) is 0 Å². The number of amides is 1. The first-order valence-corrected chi connectivity index (χ1v) is 7.92. The summed E-state index contributed by atoms with van der Waals surface area (Å²) in [7, 11) is 0. The van der Waals surface area contributed by atoms with Crippen LogP contribution in [0.1, 0.15) is 44.4 Å². The lowest BCUT2D eigenvalue weighted by Gasteiger charge is -2.24. The van der Waals surface area contributed by atoms with E-state index in [1.165, 1.54) is 9.78 Å². The Morgan fingerprint density at radius 1 is 1.30 bits per heavy atom. The molecular weight excluding hydrogens is 274 g/mol. The fourth-order valence-corrected chi connectivity index (χ4v) is 2.81. The number of thiophene rings is 1. The standard InChI is InChI=1S/C15H23NO3S/c1-12(2)16(11-15(18)19)14(17)9-5-3-4-7-13-8-6-10-20-13/h6,8,10,12H,3-5,7,9,11H2,1-2H3,(H,18,19). The lowest BCUT2D eigenvalue weighted by atomic mass is 10.1. The Balaban J connectivity index is 2.22. The second kappa shape index (κ2) is 8.74. The molecule has 0 fully saturated rings. The van der Waals surface area contributed by atoms with Gasteiger partial charge < -0.3 is 10.0 Å². The highest BCUT2D eigenvalue weighted by Crippen LogP contribution is 2.14. The number of aryl methyl sites for hydroxylation is 1. The predicted octanol–water partition coefficient (Wildman–Crippen LogP) is 3.17. The normalized spacial score (nSPS) is 10.8. The van der Waals surface area contributed by atoms with Gasteiger partial charge in [-0.25, -0.2) is 0 Å². The van der Waals surface area contributed by atoms with Gasteiger partial charge in [0.1, 0.15) is 6.54 Å². The van der Waals surface area contributed by atoms with E-state index in [1.807, 2.05) is 13.8 Å². The summed E-state index contributed by atoms with van der Waals surface area (Å²) >= 11 is 1.76. The summed E-state index contributed by atoms with van der Waals surface area (Å²) in [5, 5.41) is 10.9. The van der Waals surface area contributed by atoms with Crippen LogP contribution >= 0.6 is 11.3 Å². The number of carbonyl (C=O) groups is 2. The summed E-state index contributed by atoms with van der Waals surface area (Å²) < 4.78 is 0. The van der Waals surface area contributed by atoms with E-state index in [9.17, 15) is 9.59 Å². The van der Waals surface area contributed by atoms with Crippen molar-refractivity contribution in [3.05, 3.63) is 22.4 Å². The summed E-state index contributed by atoms with van der Waals surface area (Å²) in [6, 6.07) is 4.11. The highest BCUT2D eigenvalue weighted by atomic mass is 32.1. The maximum atomic E-state index is 12.0. The third-order valence-electron chi connectivity index (χ3n) is 3.14. The van der Waals surface area contributed by atoms with E-state index in [0.29, 0.717) is 6.42 Å². The summed E-state index contributed by atoms with van der Waals surface area (Å²) in [4.78, 5) is 25.5. The van der Waals surface area contributed by atoms with Crippen molar-refractivity contribution in [1.82, 2.24) is 4.90 Å². The maximum Gasteiger partial charge on any atom is 0.323 e. The van der Waals surface area contributed by atoms with Crippen molar-refractivity contribution in [3.8, 4) is 0 Å². The van der Waals surface area contributed by atoms with E-state index in [2.05, 4.69) is 17.5 Å².